The van der Waals surface area contributed by atoms with E-state index in [1.54, 1.807) is 67.6 Å². The number of halogens is 1. The van der Waals surface area contributed by atoms with Crippen molar-refractivity contribution in [2.24, 2.45) is 0 Å². The fourth-order valence-electron chi connectivity index (χ4n) is 3.03. The summed E-state index contributed by atoms with van der Waals surface area (Å²) in [5.41, 5.74) is 2.00. The molecule has 4 rings (SSSR count). The van der Waals surface area contributed by atoms with Gasteiger partial charge in [0.2, 0.25) is 5.91 Å². The van der Waals surface area contributed by atoms with Crippen molar-refractivity contribution in [2.45, 2.75) is 13.5 Å². The summed E-state index contributed by atoms with van der Waals surface area (Å²) in [5, 5.41) is 11.8. The van der Waals surface area contributed by atoms with Gasteiger partial charge in [0.1, 0.15) is 6.54 Å². The van der Waals surface area contributed by atoms with Crippen molar-refractivity contribution in [3.63, 3.8) is 0 Å². The minimum Gasteiger partial charge on any atom is -0.462 e. The summed E-state index contributed by atoms with van der Waals surface area (Å²) in [6, 6.07) is 16.7. The smallest absolute Gasteiger partial charge is 0.367 e. The summed E-state index contributed by atoms with van der Waals surface area (Å²) in [6.07, 6.45) is 0. The first kappa shape index (κ1) is 21.3. The Kier molecular flexibility index (Phi) is 6.00. The van der Waals surface area contributed by atoms with Crippen molar-refractivity contribution < 1.29 is 14.3 Å². The second-order valence-electron chi connectivity index (χ2n) is 6.78. The van der Waals surface area contributed by atoms with Gasteiger partial charge in [-0.3, -0.25) is 4.79 Å². The molecule has 10 heteroatoms. The van der Waals surface area contributed by atoms with E-state index >= 15 is 0 Å². The van der Waals surface area contributed by atoms with E-state index in [1.165, 1.54) is 0 Å². The molecule has 9 nitrogen and oxygen atoms in total. The molecule has 2 aromatic carbocycles. The van der Waals surface area contributed by atoms with E-state index in [4.69, 9.17) is 16.3 Å². The molecule has 0 saturated carbocycles. The van der Waals surface area contributed by atoms with E-state index in [0.717, 1.165) is 14.8 Å². The van der Waals surface area contributed by atoms with Gasteiger partial charge in [0.05, 0.1) is 17.9 Å². The number of ether oxygens (including phenoxy) is 1. The Bertz CT molecular complexity index is 1340. The number of nitrogens with one attached hydrogen (secondary N) is 1. The monoisotopic (exact) mass is 451 g/mol. The van der Waals surface area contributed by atoms with Crippen LogP contribution in [-0.2, 0) is 16.1 Å². The first-order valence-corrected chi connectivity index (χ1v) is 10.1. The van der Waals surface area contributed by atoms with Gasteiger partial charge in [0.25, 0.3) is 0 Å². The first-order valence-electron chi connectivity index (χ1n) is 9.74. The second kappa shape index (κ2) is 9.03. The van der Waals surface area contributed by atoms with Crippen molar-refractivity contribution in [1.82, 2.24) is 19.4 Å². The van der Waals surface area contributed by atoms with Gasteiger partial charge in [-0.2, -0.15) is 9.61 Å². The zero-order valence-corrected chi connectivity index (χ0v) is 17.7. The number of nitrogens with zero attached hydrogens (tertiary/aromatic N) is 4. The van der Waals surface area contributed by atoms with Gasteiger partial charge in [0.15, 0.2) is 5.65 Å². The van der Waals surface area contributed by atoms with Crippen molar-refractivity contribution >= 4 is 34.8 Å². The molecule has 0 atom stereocenters. The average Bonchev–Trinajstić information content (AvgIpc) is 3.09. The lowest BCUT2D eigenvalue weighted by Gasteiger charge is -2.06. The predicted molar refractivity (Wildman–Crippen MR) is 119 cm³/mol. The number of rotatable bonds is 6. The molecule has 0 fully saturated rings. The van der Waals surface area contributed by atoms with Gasteiger partial charge < -0.3 is 10.1 Å². The lowest BCUT2D eigenvalue weighted by molar-refractivity contribution is -0.117. The van der Waals surface area contributed by atoms with Crippen molar-refractivity contribution in [2.75, 3.05) is 11.9 Å². The second-order valence-corrected chi connectivity index (χ2v) is 7.22. The van der Waals surface area contributed by atoms with Crippen LogP contribution in [0.4, 0.5) is 5.69 Å². The van der Waals surface area contributed by atoms with Gasteiger partial charge >= 0.3 is 11.7 Å². The maximum atomic E-state index is 12.7. The molecule has 1 N–H and O–H groups in total. The minimum absolute atomic E-state index is 0.279. The van der Waals surface area contributed by atoms with E-state index in [2.05, 4.69) is 15.5 Å². The highest BCUT2D eigenvalue weighted by Crippen LogP contribution is 2.19. The van der Waals surface area contributed by atoms with Gasteiger partial charge in [-0.25, -0.2) is 14.3 Å². The zero-order chi connectivity index (χ0) is 22.7. The molecule has 4 aromatic rings. The van der Waals surface area contributed by atoms with Gasteiger partial charge in [0, 0.05) is 16.3 Å². The molecule has 162 valence electrons. The number of benzene rings is 2. The lowest BCUT2D eigenvalue weighted by Crippen LogP contribution is -2.28. The molecule has 0 unspecified atom stereocenters. The standard InChI is InChI=1S/C22H18ClN5O4/c1-2-32-21(30)15-5-9-17(10-6-15)24-20(29)13-27-22(31)28-19(26-27)12-11-18(25-28)14-3-7-16(23)8-4-14/h3-12H,2,13H2,1H3,(H,24,29). The largest absolute Gasteiger partial charge is 0.462 e. The highest BCUT2D eigenvalue weighted by atomic mass is 35.5. The molecular weight excluding hydrogens is 434 g/mol. The van der Waals surface area contributed by atoms with Crippen LogP contribution in [0.5, 0.6) is 0 Å². The number of hydrogen-bond acceptors (Lipinski definition) is 6. The number of anilines is 1. The zero-order valence-electron chi connectivity index (χ0n) is 17.0. The Morgan fingerprint density at radius 3 is 2.41 bits per heavy atom. The Labute approximate surface area is 187 Å². The predicted octanol–water partition coefficient (Wildman–Crippen LogP) is 3.03. The molecule has 32 heavy (non-hydrogen) atoms. The van der Waals surface area contributed by atoms with Gasteiger partial charge in [-0.1, -0.05) is 23.7 Å². The summed E-state index contributed by atoms with van der Waals surface area (Å²) in [6.45, 7) is 1.71. The number of esters is 1. The lowest BCUT2D eigenvalue weighted by atomic mass is 10.1. The van der Waals surface area contributed by atoms with Gasteiger partial charge in [-0.05, 0) is 55.5 Å². The summed E-state index contributed by atoms with van der Waals surface area (Å²) >= 11 is 5.92. The number of aromatic nitrogens is 4. The normalized spacial score (nSPS) is 10.8. The fourth-order valence-corrected chi connectivity index (χ4v) is 3.15. The topological polar surface area (TPSA) is 108 Å². The SMILES string of the molecule is CCOC(=O)c1ccc(NC(=O)Cn2nc3ccc(-c4ccc(Cl)cc4)nn3c2=O)cc1. The van der Waals surface area contributed by atoms with Crippen molar-refractivity contribution in [3.8, 4) is 11.3 Å². The number of carbonyl (C=O) groups is 2. The average molecular weight is 452 g/mol. The molecule has 1 amide bonds. The van der Waals surface area contributed by atoms with Crippen LogP contribution in [0.15, 0.2) is 65.5 Å². The molecular formula is C22H18ClN5O4. The van der Waals surface area contributed by atoms with Crippen LogP contribution in [0.25, 0.3) is 16.9 Å². The molecule has 0 saturated heterocycles. The van der Waals surface area contributed by atoms with Crippen LogP contribution < -0.4 is 11.0 Å². The maximum Gasteiger partial charge on any atom is 0.367 e. The van der Waals surface area contributed by atoms with Crippen LogP contribution in [0.2, 0.25) is 5.02 Å². The first-order chi connectivity index (χ1) is 15.4. The highest BCUT2D eigenvalue weighted by Gasteiger charge is 2.13. The summed E-state index contributed by atoms with van der Waals surface area (Å²) in [7, 11) is 0. The van der Waals surface area contributed by atoms with Crippen molar-refractivity contribution in [1.29, 1.82) is 0 Å². The fraction of sp³-hybridized carbons (Fsp3) is 0.136. The Balaban J connectivity index is 1.49. The molecule has 0 aliphatic carbocycles. The molecule has 0 aliphatic rings. The number of carbonyl (C=O) groups excluding carboxylic acids is 2. The van der Waals surface area contributed by atoms with E-state index in [-0.39, 0.29) is 13.2 Å². The quantitative estimate of drug-likeness (QED) is 0.451. The number of amides is 1. The summed E-state index contributed by atoms with van der Waals surface area (Å²) < 4.78 is 7.11. The molecule has 0 radical (unpaired) electrons. The van der Waals surface area contributed by atoms with Crippen LogP contribution in [0.1, 0.15) is 17.3 Å². The molecule has 2 aromatic heterocycles. The maximum absolute atomic E-state index is 12.7. The Hall–Kier alpha value is -3.98. The third-order valence-corrected chi connectivity index (χ3v) is 4.81. The van der Waals surface area contributed by atoms with Crippen LogP contribution in [-0.4, -0.2) is 37.9 Å². The number of fused-ring (bicyclic) bond motifs is 1. The minimum atomic E-state index is -0.538. The molecule has 0 spiro atoms. The molecule has 0 aliphatic heterocycles. The third-order valence-electron chi connectivity index (χ3n) is 4.55. The van der Waals surface area contributed by atoms with E-state index in [1.807, 2.05) is 0 Å². The van der Waals surface area contributed by atoms with Gasteiger partial charge in [-0.15, -0.1) is 5.10 Å². The third kappa shape index (κ3) is 4.52. The molecule has 2 heterocycles. The van der Waals surface area contributed by atoms with E-state index in [0.29, 0.717) is 27.6 Å². The number of hydrogen-bond donors (Lipinski definition) is 1. The molecule has 0 bridgehead atoms. The van der Waals surface area contributed by atoms with Crippen LogP contribution in [0, 0.1) is 0 Å². The van der Waals surface area contributed by atoms with Crippen LogP contribution >= 0.6 is 11.6 Å². The summed E-state index contributed by atoms with van der Waals surface area (Å²) in [4.78, 5) is 36.8. The highest BCUT2D eigenvalue weighted by molar-refractivity contribution is 6.30. The van der Waals surface area contributed by atoms with Crippen LogP contribution in [0.3, 0.4) is 0 Å². The van der Waals surface area contributed by atoms with E-state index in [9.17, 15) is 14.4 Å². The summed E-state index contributed by atoms with van der Waals surface area (Å²) in [5.74, 6) is -0.885. The van der Waals surface area contributed by atoms with E-state index < -0.39 is 17.6 Å². The van der Waals surface area contributed by atoms with Crippen molar-refractivity contribution in [3.05, 3.63) is 81.7 Å². The Morgan fingerprint density at radius 1 is 1.00 bits per heavy atom. The Morgan fingerprint density at radius 2 is 1.72 bits per heavy atom.